The molecule has 1 heterocycles. The number of rotatable bonds is 10. The molecule has 2 aromatic carbocycles. The van der Waals surface area contributed by atoms with Crippen molar-refractivity contribution in [3.8, 4) is 17.2 Å². The Morgan fingerprint density at radius 3 is 2.37 bits per heavy atom. The molecular formula is C25H26Br2N2O6. The van der Waals surface area contributed by atoms with E-state index < -0.39 is 17.8 Å². The van der Waals surface area contributed by atoms with E-state index >= 15 is 0 Å². The van der Waals surface area contributed by atoms with Gasteiger partial charge in [0.25, 0.3) is 11.8 Å². The van der Waals surface area contributed by atoms with Crippen molar-refractivity contribution in [3.05, 3.63) is 56.0 Å². The summed E-state index contributed by atoms with van der Waals surface area (Å²) in [4.78, 5) is 39.4. The minimum Gasteiger partial charge on any atom is -0.492 e. The van der Waals surface area contributed by atoms with Gasteiger partial charge in [0.05, 0.1) is 30.8 Å². The molecule has 3 rings (SSSR count). The number of imide groups is 2. The molecule has 1 aliphatic rings. The number of benzene rings is 2. The summed E-state index contributed by atoms with van der Waals surface area (Å²) in [6, 6.07) is 7.97. The number of nitrogens with one attached hydrogen (secondary N) is 1. The molecule has 186 valence electrons. The SMILES string of the molecule is CCCOc1ccc(CN2C(=O)NC(=O)/C(=C\c3cc(Br)cc(Br)c3OCC)C2=O)cc1OCC. The van der Waals surface area contributed by atoms with Crippen LogP contribution in [0.3, 0.4) is 0 Å². The summed E-state index contributed by atoms with van der Waals surface area (Å²) in [5, 5.41) is 2.25. The summed E-state index contributed by atoms with van der Waals surface area (Å²) in [5.41, 5.74) is 0.982. The van der Waals surface area contributed by atoms with Crippen LogP contribution in [0.15, 0.2) is 44.9 Å². The number of hydrogen-bond acceptors (Lipinski definition) is 6. The molecule has 0 radical (unpaired) electrons. The van der Waals surface area contributed by atoms with E-state index in [9.17, 15) is 14.4 Å². The zero-order valence-corrected chi connectivity index (χ0v) is 22.8. The molecular weight excluding hydrogens is 584 g/mol. The van der Waals surface area contributed by atoms with E-state index in [1.807, 2.05) is 20.8 Å². The Labute approximate surface area is 220 Å². The number of barbiturate groups is 1. The Kier molecular flexibility index (Phi) is 9.33. The van der Waals surface area contributed by atoms with Crippen molar-refractivity contribution in [1.82, 2.24) is 10.2 Å². The van der Waals surface area contributed by atoms with Crippen LogP contribution in [0.25, 0.3) is 6.08 Å². The van der Waals surface area contributed by atoms with Crippen LogP contribution in [0.5, 0.6) is 17.2 Å². The molecule has 1 fully saturated rings. The first kappa shape index (κ1) is 26.7. The van der Waals surface area contributed by atoms with Crippen LogP contribution in [-0.4, -0.2) is 42.6 Å². The van der Waals surface area contributed by atoms with E-state index in [1.54, 1.807) is 30.3 Å². The fraction of sp³-hybridized carbons (Fsp3) is 0.320. The minimum atomic E-state index is -0.790. The van der Waals surface area contributed by atoms with Crippen LogP contribution in [0.4, 0.5) is 4.79 Å². The van der Waals surface area contributed by atoms with E-state index in [-0.39, 0.29) is 12.1 Å². The fourth-order valence-corrected chi connectivity index (χ4v) is 4.78. The summed E-state index contributed by atoms with van der Waals surface area (Å²) in [7, 11) is 0. The highest BCUT2D eigenvalue weighted by Gasteiger charge is 2.36. The van der Waals surface area contributed by atoms with Gasteiger partial charge in [-0.1, -0.05) is 28.9 Å². The molecule has 0 bridgehead atoms. The Hall–Kier alpha value is -2.85. The normalized spacial score (nSPS) is 14.8. The molecule has 0 saturated carbocycles. The lowest BCUT2D eigenvalue weighted by Crippen LogP contribution is -2.53. The first-order valence-electron chi connectivity index (χ1n) is 11.2. The third-order valence-electron chi connectivity index (χ3n) is 4.92. The molecule has 2 aromatic rings. The predicted octanol–water partition coefficient (Wildman–Crippen LogP) is 5.46. The molecule has 10 heteroatoms. The number of nitrogens with zero attached hydrogens (tertiary/aromatic N) is 1. The maximum absolute atomic E-state index is 13.3. The van der Waals surface area contributed by atoms with Crippen molar-refractivity contribution in [2.75, 3.05) is 19.8 Å². The number of carbonyl (C=O) groups is 3. The second-order valence-corrected chi connectivity index (χ2v) is 9.28. The van der Waals surface area contributed by atoms with Gasteiger partial charge in [0.2, 0.25) is 0 Å². The Morgan fingerprint density at radius 1 is 0.943 bits per heavy atom. The molecule has 1 N–H and O–H groups in total. The summed E-state index contributed by atoms with van der Waals surface area (Å²) >= 11 is 6.86. The second kappa shape index (κ2) is 12.2. The number of halogens is 2. The maximum Gasteiger partial charge on any atom is 0.331 e. The van der Waals surface area contributed by atoms with Gasteiger partial charge in [-0.3, -0.25) is 19.8 Å². The van der Waals surface area contributed by atoms with Crippen molar-refractivity contribution in [3.63, 3.8) is 0 Å². The van der Waals surface area contributed by atoms with E-state index in [4.69, 9.17) is 14.2 Å². The van der Waals surface area contributed by atoms with Crippen molar-refractivity contribution < 1.29 is 28.6 Å². The van der Waals surface area contributed by atoms with Crippen LogP contribution >= 0.6 is 31.9 Å². The molecule has 0 aromatic heterocycles. The van der Waals surface area contributed by atoms with Crippen molar-refractivity contribution in [1.29, 1.82) is 0 Å². The highest BCUT2D eigenvalue weighted by molar-refractivity contribution is 9.11. The topological polar surface area (TPSA) is 94.2 Å². The summed E-state index contributed by atoms with van der Waals surface area (Å²) in [6.45, 7) is 7.01. The number of carbonyl (C=O) groups excluding carboxylic acids is 3. The first-order chi connectivity index (χ1) is 16.8. The van der Waals surface area contributed by atoms with Crippen LogP contribution in [-0.2, 0) is 16.1 Å². The van der Waals surface area contributed by atoms with Gasteiger partial charge in [0.15, 0.2) is 11.5 Å². The molecule has 0 spiro atoms. The van der Waals surface area contributed by atoms with Crippen LogP contribution in [0.1, 0.15) is 38.3 Å². The maximum atomic E-state index is 13.3. The zero-order chi connectivity index (χ0) is 25.5. The highest BCUT2D eigenvalue weighted by atomic mass is 79.9. The number of amides is 4. The second-order valence-electron chi connectivity index (χ2n) is 7.51. The molecule has 1 aliphatic heterocycles. The Balaban J connectivity index is 1.94. The monoisotopic (exact) mass is 608 g/mol. The van der Waals surface area contributed by atoms with Crippen LogP contribution in [0.2, 0.25) is 0 Å². The molecule has 35 heavy (non-hydrogen) atoms. The van der Waals surface area contributed by atoms with Gasteiger partial charge in [-0.25, -0.2) is 4.79 Å². The number of urea groups is 1. The van der Waals surface area contributed by atoms with E-state index in [1.165, 1.54) is 6.08 Å². The van der Waals surface area contributed by atoms with Crippen LogP contribution < -0.4 is 19.5 Å². The Bertz CT molecular complexity index is 1160. The smallest absolute Gasteiger partial charge is 0.331 e. The lowest BCUT2D eigenvalue weighted by Gasteiger charge is -2.27. The number of hydrogen-bond donors (Lipinski definition) is 1. The average Bonchev–Trinajstić information content (AvgIpc) is 2.81. The first-order valence-corrected chi connectivity index (χ1v) is 12.8. The van der Waals surface area contributed by atoms with Crippen molar-refractivity contribution in [2.24, 2.45) is 0 Å². The summed E-state index contributed by atoms with van der Waals surface area (Å²) in [5.74, 6) is 0.118. The molecule has 8 nitrogen and oxygen atoms in total. The fourth-order valence-electron chi connectivity index (χ4n) is 3.41. The summed E-state index contributed by atoms with van der Waals surface area (Å²) in [6.07, 6.45) is 2.27. The molecule has 0 unspecified atom stereocenters. The standard InChI is InChI=1S/C25H26Br2N2O6/c1-4-9-35-20-8-7-15(10-21(20)33-5-2)14-29-24(31)18(23(30)28-25(29)32)12-16-11-17(26)13-19(27)22(16)34-6-3/h7-8,10-13H,4-6,9,14H2,1-3H3,(H,28,30,32)/b18-12+. The van der Waals surface area contributed by atoms with Gasteiger partial charge in [0, 0.05) is 10.0 Å². The summed E-state index contributed by atoms with van der Waals surface area (Å²) < 4.78 is 18.5. The zero-order valence-electron chi connectivity index (χ0n) is 19.7. The van der Waals surface area contributed by atoms with Gasteiger partial charge < -0.3 is 14.2 Å². The molecule has 1 saturated heterocycles. The van der Waals surface area contributed by atoms with Crippen LogP contribution in [0, 0.1) is 0 Å². The van der Waals surface area contributed by atoms with Gasteiger partial charge in [0.1, 0.15) is 11.3 Å². The average molecular weight is 610 g/mol. The van der Waals surface area contributed by atoms with E-state index in [2.05, 4.69) is 37.2 Å². The predicted molar refractivity (Wildman–Crippen MR) is 138 cm³/mol. The van der Waals surface area contributed by atoms with E-state index in [0.717, 1.165) is 15.8 Å². The van der Waals surface area contributed by atoms with Gasteiger partial charge in [-0.15, -0.1) is 0 Å². The largest absolute Gasteiger partial charge is 0.492 e. The molecule has 4 amide bonds. The van der Waals surface area contributed by atoms with E-state index in [0.29, 0.717) is 52.7 Å². The van der Waals surface area contributed by atoms with Crippen molar-refractivity contribution >= 4 is 55.8 Å². The minimum absolute atomic E-state index is 0.0517. The van der Waals surface area contributed by atoms with Gasteiger partial charge >= 0.3 is 6.03 Å². The number of ether oxygens (including phenoxy) is 3. The third-order valence-corrected chi connectivity index (χ3v) is 5.97. The quantitative estimate of drug-likeness (QED) is 0.284. The highest BCUT2D eigenvalue weighted by Crippen LogP contribution is 2.35. The Morgan fingerprint density at radius 2 is 1.69 bits per heavy atom. The van der Waals surface area contributed by atoms with Gasteiger partial charge in [-0.05, 0) is 72.1 Å². The lowest BCUT2D eigenvalue weighted by atomic mass is 10.1. The lowest BCUT2D eigenvalue weighted by molar-refractivity contribution is -0.130. The van der Waals surface area contributed by atoms with Crippen molar-refractivity contribution in [2.45, 2.75) is 33.7 Å². The molecule has 0 aliphatic carbocycles. The third kappa shape index (κ3) is 6.43. The molecule has 0 atom stereocenters. The van der Waals surface area contributed by atoms with Gasteiger partial charge in [-0.2, -0.15) is 0 Å².